The van der Waals surface area contributed by atoms with Crippen molar-refractivity contribution in [2.45, 2.75) is 12.5 Å². The van der Waals surface area contributed by atoms with Crippen LogP contribution in [0.3, 0.4) is 0 Å². The SMILES string of the molecule is Cn1ccnc1C1CNCCN1C(=O)Cc1c[nH]c2ncccc12. The van der Waals surface area contributed by atoms with Gasteiger partial charge in [0.1, 0.15) is 17.5 Å². The Morgan fingerprint density at radius 1 is 1.38 bits per heavy atom. The molecule has 1 amide bonds. The number of piperazine rings is 1. The topological polar surface area (TPSA) is 78.8 Å². The van der Waals surface area contributed by atoms with Gasteiger partial charge in [-0.15, -0.1) is 0 Å². The van der Waals surface area contributed by atoms with Crippen molar-refractivity contribution in [1.29, 1.82) is 0 Å². The third-order valence-electron chi connectivity index (χ3n) is 4.60. The van der Waals surface area contributed by atoms with Crippen LogP contribution in [0.1, 0.15) is 17.4 Å². The maximum Gasteiger partial charge on any atom is 0.227 e. The number of pyridine rings is 1. The minimum absolute atomic E-state index is 0.0328. The van der Waals surface area contributed by atoms with E-state index in [2.05, 4.69) is 20.3 Å². The summed E-state index contributed by atoms with van der Waals surface area (Å²) in [4.78, 5) is 26.7. The van der Waals surface area contributed by atoms with Crippen LogP contribution < -0.4 is 5.32 Å². The van der Waals surface area contributed by atoms with Crippen LogP contribution in [0.2, 0.25) is 0 Å². The Bertz CT molecular complexity index is 867. The molecule has 1 saturated heterocycles. The van der Waals surface area contributed by atoms with E-state index in [0.29, 0.717) is 13.0 Å². The molecule has 4 heterocycles. The number of fused-ring (bicyclic) bond motifs is 1. The number of imidazole rings is 1. The second-order valence-electron chi connectivity index (χ2n) is 6.09. The number of hydrogen-bond acceptors (Lipinski definition) is 4. The lowest BCUT2D eigenvalue weighted by molar-refractivity contribution is -0.134. The van der Waals surface area contributed by atoms with Crippen LogP contribution in [0.15, 0.2) is 36.9 Å². The molecule has 3 aromatic rings. The summed E-state index contributed by atoms with van der Waals surface area (Å²) < 4.78 is 1.98. The molecule has 0 radical (unpaired) electrons. The molecule has 7 heteroatoms. The van der Waals surface area contributed by atoms with Crippen LogP contribution in [-0.4, -0.2) is 50.0 Å². The molecule has 0 spiro atoms. The van der Waals surface area contributed by atoms with Crippen LogP contribution in [0.5, 0.6) is 0 Å². The van der Waals surface area contributed by atoms with Crippen molar-refractivity contribution >= 4 is 16.9 Å². The number of H-pyrrole nitrogens is 1. The smallest absolute Gasteiger partial charge is 0.227 e. The van der Waals surface area contributed by atoms with Gasteiger partial charge in [0.25, 0.3) is 0 Å². The fraction of sp³-hybridized carbons (Fsp3) is 0.353. The van der Waals surface area contributed by atoms with Gasteiger partial charge < -0.3 is 19.8 Å². The van der Waals surface area contributed by atoms with Crippen molar-refractivity contribution in [3.05, 3.63) is 48.3 Å². The summed E-state index contributed by atoms with van der Waals surface area (Å²) in [6, 6.07) is 3.86. The summed E-state index contributed by atoms with van der Waals surface area (Å²) in [6.45, 7) is 2.23. The third kappa shape index (κ3) is 2.56. The molecule has 0 bridgehead atoms. The summed E-state index contributed by atoms with van der Waals surface area (Å²) in [7, 11) is 1.96. The Morgan fingerprint density at radius 2 is 2.29 bits per heavy atom. The Hall–Kier alpha value is -2.67. The number of carbonyl (C=O) groups is 1. The Balaban J connectivity index is 1.59. The summed E-state index contributed by atoms with van der Waals surface area (Å²) in [5.41, 5.74) is 1.81. The number of nitrogens with zero attached hydrogens (tertiary/aromatic N) is 4. The second kappa shape index (κ2) is 6.09. The van der Waals surface area contributed by atoms with E-state index >= 15 is 0 Å². The first kappa shape index (κ1) is 14.9. The average Bonchev–Trinajstić information content (AvgIpc) is 3.21. The van der Waals surface area contributed by atoms with Gasteiger partial charge in [0, 0.05) is 56.9 Å². The van der Waals surface area contributed by atoms with Crippen molar-refractivity contribution in [3.63, 3.8) is 0 Å². The minimum atomic E-state index is -0.0328. The van der Waals surface area contributed by atoms with E-state index in [4.69, 9.17) is 0 Å². The van der Waals surface area contributed by atoms with Crippen molar-refractivity contribution in [3.8, 4) is 0 Å². The molecular weight excluding hydrogens is 304 g/mol. The van der Waals surface area contributed by atoms with Gasteiger partial charge in [0.05, 0.1) is 6.42 Å². The van der Waals surface area contributed by atoms with Crippen LogP contribution in [-0.2, 0) is 18.3 Å². The first-order chi connectivity index (χ1) is 11.7. The lowest BCUT2D eigenvalue weighted by Crippen LogP contribution is -2.49. The number of aryl methyl sites for hydroxylation is 1. The van der Waals surface area contributed by atoms with Gasteiger partial charge in [0.2, 0.25) is 5.91 Å². The molecule has 3 aromatic heterocycles. The fourth-order valence-electron chi connectivity index (χ4n) is 3.36. The van der Waals surface area contributed by atoms with E-state index in [1.165, 1.54) is 0 Å². The molecule has 4 rings (SSSR count). The second-order valence-corrected chi connectivity index (χ2v) is 6.09. The maximum absolute atomic E-state index is 13.0. The summed E-state index contributed by atoms with van der Waals surface area (Å²) in [6.07, 6.45) is 7.69. The van der Waals surface area contributed by atoms with Gasteiger partial charge in [-0.3, -0.25) is 4.79 Å². The number of hydrogen-bond donors (Lipinski definition) is 2. The molecule has 24 heavy (non-hydrogen) atoms. The van der Waals surface area contributed by atoms with Crippen molar-refractivity contribution in [2.75, 3.05) is 19.6 Å². The zero-order valence-electron chi connectivity index (χ0n) is 13.6. The first-order valence-corrected chi connectivity index (χ1v) is 8.12. The van der Waals surface area contributed by atoms with Crippen LogP contribution >= 0.6 is 0 Å². The Morgan fingerprint density at radius 3 is 3.12 bits per heavy atom. The number of aromatic nitrogens is 4. The van der Waals surface area contributed by atoms with Crippen molar-refractivity contribution in [1.82, 2.24) is 29.7 Å². The highest BCUT2D eigenvalue weighted by molar-refractivity contribution is 5.87. The molecule has 1 aliphatic heterocycles. The van der Waals surface area contributed by atoms with Gasteiger partial charge >= 0.3 is 0 Å². The van der Waals surface area contributed by atoms with Crippen LogP contribution in [0.4, 0.5) is 0 Å². The van der Waals surface area contributed by atoms with Gasteiger partial charge in [0.15, 0.2) is 0 Å². The van der Waals surface area contributed by atoms with Gasteiger partial charge in [-0.1, -0.05) is 0 Å². The van der Waals surface area contributed by atoms with Crippen LogP contribution in [0.25, 0.3) is 11.0 Å². The molecule has 0 aliphatic carbocycles. The predicted molar refractivity (Wildman–Crippen MR) is 90.3 cm³/mol. The highest BCUT2D eigenvalue weighted by atomic mass is 16.2. The number of nitrogens with one attached hydrogen (secondary N) is 2. The zero-order valence-corrected chi connectivity index (χ0v) is 13.6. The molecule has 7 nitrogen and oxygen atoms in total. The summed E-state index contributed by atoms with van der Waals surface area (Å²) in [5, 5.41) is 4.37. The van der Waals surface area contributed by atoms with Gasteiger partial charge in [-0.05, 0) is 17.7 Å². The van der Waals surface area contributed by atoms with Crippen molar-refractivity contribution < 1.29 is 4.79 Å². The van der Waals surface area contributed by atoms with E-state index in [9.17, 15) is 4.79 Å². The number of aromatic amines is 1. The average molecular weight is 324 g/mol. The number of amides is 1. The lowest BCUT2D eigenvalue weighted by Gasteiger charge is -2.35. The van der Waals surface area contributed by atoms with Crippen LogP contribution in [0, 0.1) is 0 Å². The lowest BCUT2D eigenvalue weighted by atomic mass is 10.1. The highest BCUT2D eigenvalue weighted by Crippen LogP contribution is 2.23. The highest BCUT2D eigenvalue weighted by Gasteiger charge is 2.30. The molecule has 1 aliphatic rings. The molecule has 124 valence electrons. The maximum atomic E-state index is 13.0. The Labute approximate surface area is 139 Å². The molecule has 1 unspecified atom stereocenters. The first-order valence-electron chi connectivity index (χ1n) is 8.12. The normalized spacial score (nSPS) is 18.2. The number of rotatable bonds is 3. The molecule has 1 fully saturated rings. The molecule has 0 aromatic carbocycles. The van der Waals surface area contributed by atoms with E-state index in [-0.39, 0.29) is 11.9 Å². The third-order valence-corrected chi connectivity index (χ3v) is 4.60. The predicted octanol–water partition coefficient (Wildman–Crippen LogP) is 1.01. The van der Waals surface area contributed by atoms with E-state index in [1.54, 1.807) is 12.4 Å². The zero-order chi connectivity index (χ0) is 16.5. The standard InChI is InChI=1S/C17H20N6O/c1-22-7-6-20-17(22)14-11-18-5-8-23(14)15(24)9-12-10-21-16-13(12)3-2-4-19-16/h2-4,6-7,10,14,18H,5,8-9,11H2,1H3,(H,19,21). The molecule has 0 saturated carbocycles. The Kier molecular flexibility index (Phi) is 3.78. The number of carbonyl (C=O) groups excluding carboxylic acids is 1. The van der Waals surface area contributed by atoms with Crippen molar-refractivity contribution in [2.24, 2.45) is 7.05 Å². The molecular formula is C17H20N6O. The van der Waals surface area contributed by atoms with E-state index in [0.717, 1.165) is 35.5 Å². The van der Waals surface area contributed by atoms with Gasteiger partial charge in [-0.2, -0.15) is 0 Å². The monoisotopic (exact) mass is 324 g/mol. The quantitative estimate of drug-likeness (QED) is 0.754. The van der Waals surface area contributed by atoms with Gasteiger partial charge in [-0.25, -0.2) is 9.97 Å². The van der Waals surface area contributed by atoms with E-state index < -0.39 is 0 Å². The largest absolute Gasteiger partial charge is 0.346 e. The summed E-state index contributed by atoms with van der Waals surface area (Å²) >= 11 is 0. The summed E-state index contributed by atoms with van der Waals surface area (Å²) in [5.74, 6) is 1.03. The fourth-order valence-corrected chi connectivity index (χ4v) is 3.36. The van der Waals surface area contributed by atoms with E-state index in [1.807, 2.05) is 41.0 Å². The molecule has 2 N–H and O–H groups in total. The molecule has 1 atom stereocenters. The minimum Gasteiger partial charge on any atom is -0.346 e.